The van der Waals surface area contributed by atoms with Gasteiger partial charge in [0.1, 0.15) is 0 Å². The van der Waals surface area contributed by atoms with Crippen LogP contribution in [0.5, 0.6) is 0 Å². The fraction of sp³-hybridized carbons (Fsp3) is 0.571. The molecule has 1 aromatic rings. The van der Waals surface area contributed by atoms with Crippen molar-refractivity contribution in [3.63, 3.8) is 0 Å². The van der Waals surface area contributed by atoms with Crippen LogP contribution in [0.1, 0.15) is 26.3 Å². The molecule has 0 atom stereocenters. The Balaban J connectivity index is 2.79. The van der Waals surface area contributed by atoms with Crippen molar-refractivity contribution in [3.8, 4) is 0 Å². The second-order valence-corrected chi connectivity index (χ2v) is 11.2. The maximum atomic E-state index is 11.4. The van der Waals surface area contributed by atoms with Crippen LogP contribution in [0.15, 0.2) is 29.2 Å². The van der Waals surface area contributed by atoms with Crippen molar-refractivity contribution >= 4 is 31.9 Å². The molecule has 0 bridgehead atoms. The predicted molar refractivity (Wildman–Crippen MR) is 91.7 cm³/mol. The van der Waals surface area contributed by atoms with Crippen molar-refractivity contribution in [3.05, 3.63) is 29.8 Å². The van der Waals surface area contributed by atoms with E-state index in [1.54, 1.807) is 24.3 Å². The summed E-state index contributed by atoms with van der Waals surface area (Å²) in [4.78, 5) is 0.249. The molecule has 0 spiro atoms. The number of aryl methyl sites for hydroxylation is 1. The largest absolute Gasteiger partial charge is 0.501 e. The summed E-state index contributed by atoms with van der Waals surface area (Å²) >= 11 is 2.66. The maximum absolute atomic E-state index is 11.4. The van der Waals surface area contributed by atoms with Crippen LogP contribution in [0.25, 0.3) is 0 Å². The molecule has 0 heterocycles. The van der Waals surface area contributed by atoms with Gasteiger partial charge < -0.3 is 13.3 Å². The minimum absolute atomic E-state index is 0.249. The third kappa shape index (κ3) is 6.09. The Kier molecular flexibility index (Phi) is 8.23. The van der Waals surface area contributed by atoms with Crippen molar-refractivity contribution < 1.29 is 21.7 Å². The highest BCUT2D eigenvalue weighted by molar-refractivity contribution is 9.47. The van der Waals surface area contributed by atoms with Gasteiger partial charge in [-0.25, -0.2) is 8.42 Å². The van der Waals surface area contributed by atoms with Crippen LogP contribution in [-0.2, 0) is 28.0 Å². The second kappa shape index (κ2) is 9.14. The van der Waals surface area contributed by atoms with E-state index >= 15 is 0 Å². The van der Waals surface area contributed by atoms with Gasteiger partial charge in [-0.05, 0) is 44.9 Å². The van der Waals surface area contributed by atoms with Gasteiger partial charge in [0.05, 0.1) is 19.7 Å². The summed E-state index contributed by atoms with van der Waals surface area (Å²) in [7, 11) is -6.00. The molecule has 5 nitrogen and oxygen atoms in total. The van der Waals surface area contributed by atoms with E-state index < -0.39 is 17.1 Å². The molecule has 0 saturated heterocycles. The molecular weight excluding hydrogens is 388 g/mol. The summed E-state index contributed by atoms with van der Waals surface area (Å²) in [5.74, 6) is 0. The average molecular weight is 411 g/mol. The van der Waals surface area contributed by atoms with Crippen LogP contribution in [0.2, 0.25) is 6.04 Å². The molecule has 1 aromatic carbocycles. The number of hydrogen-bond donors (Lipinski definition) is 0. The Morgan fingerprint density at radius 3 is 1.77 bits per heavy atom. The number of hydrogen-bond acceptors (Lipinski definition) is 5. The highest BCUT2D eigenvalue weighted by atomic mass is 79.9. The average Bonchev–Trinajstić information content (AvgIpc) is 2.45. The van der Waals surface area contributed by atoms with Crippen molar-refractivity contribution in [2.75, 3.05) is 19.8 Å². The van der Waals surface area contributed by atoms with Gasteiger partial charge in [-0.15, -0.1) is 0 Å². The summed E-state index contributed by atoms with van der Waals surface area (Å²) in [6.45, 7) is 7.42. The molecule has 0 aromatic heterocycles. The van der Waals surface area contributed by atoms with E-state index in [9.17, 15) is 8.42 Å². The molecule has 1 rings (SSSR count). The third-order valence-corrected chi connectivity index (χ3v) is 8.02. The Labute approximate surface area is 141 Å². The third-order valence-electron chi connectivity index (χ3n) is 3.02. The Hall–Kier alpha value is -0.253. The first-order valence-electron chi connectivity index (χ1n) is 7.32. The summed E-state index contributed by atoms with van der Waals surface area (Å²) < 4.78 is 40.2. The SMILES string of the molecule is CCO[Si](CCc1ccc(S(=O)(=O)Br)cc1)(OCC)OCC. The lowest BCUT2D eigenvalue weighted by Crippen LogP contribution is -2.46. The molecule has 0 aliphatic heterocycles. The van der Waals surface area contributed by atoms with Gasteiger partial charge >= 0.3 is 8.80 Å². The van der Waals surface area contributed by atoms with Crippen molar-refractivity contribution in [2.45, 2.75) is 38.1 Å². The lowest BCUT2D eigenvalue weighted by Gasteiger charge is -2.28. The van der Waals surface area contributed by atoms with Gasteiger partial charge in [-0.3, -0.25) is 0 Å². The summed E-state index contributed by atoms with van der Waals surface area (Å²) in [6.07, 6.45) is 0.717. The van der Waals surface area contributed by atoms with E-state index in [4.69, 9.17) is 13.3 Å². The normalized spacial score (nSPS) is 12.5. The van der Waals surface area contributed by atoms with Crippen LogP contribution in [0.3, 0.4) is 0 Å². The Morgan fingerprint density at radius 2 is 1.41 bits per heavy atom. The highest BCUT2D eigenvalue weighted by Crippen LogP contribution is 2.21. The van der Waals surface area contributed by atoms with Gasteiger partial charge in [0, 0.05) is 25.9 Å². The fourth-order valence-corrected chi connectivity index (χ4v) is 5.82. The van der Waals surface area contributed by atoms with E-state index in [2.05, 4.69) is 14.8 Å². The first-order chi connectivity index (χ1) is 10.4. The molecule has 0 fully saturated rings. The van der Waals surface area contributed by atoms with E-state index in [1.165, 1.54) is 0 Å². The van der Waals surface area contributed by atoms with Gasteiger partial charge in [0.2, 0.25) is 8.27 Å². The fourth-order valence-electron chi connectivity index (χ4n) is 2.12. The highest BCUT2D eigenvalue weighted by Gasteiger charge is 2.39. The summed E-state index contributed by atoms with van der Waals surface area (Å²) in [5, 5.41) is 0. The molecular formula is C14H23BrO5SSi. The molecule has 0 saturated carbocycles. The molecule has 0 N–H and O–H groups in total. The van der Waals surface area contributed by atoms with Crippen LogP contribution in [0, 0.1) is 0 Å². The Morgan fingerprint density at radius 1 is 0.955 bits per heavy atom. The van der Waals surface area contributed by atoms with Crippen LogP contribution in [-0.4, -0.2) is 37.0 Å². The molecule has 0 amide bonds. The summed E-state index contributed by atoms with van der Waals surface area (Å²) in [6, 6.07) is 7.45. The van der Waals surface area contributed by atoms with Crippen LogP contribution >= 0.6 is 14.8 Å². The van der Waals surface area contributed by atoms with Gasteiger partial charge in [-0.2, -0.15) is 0 Å². The quantitative estimate of drug-likeness (QED) is 0.437. The zero-order chi connectivity index (χ0) is 16.6. The van der Waals surface area contributed by atoms with E-state index in [0.29, 0.717) is 25.9 Å². The minimum atomic E-state index is -3.34. The maximum Gasteiger partial charge on any atom is 0.501 e. The van der Waals surface area contributed by atoms with Crippen molar-refractivity contribution in [1.82, 2.24) is 0 Å². The topological polar surface area (TPSA) is 61.8 Å². The molecule has 0 unspecified atom stereocenters. The molecule has 0 aliphatic rings. The molecule has 0 aliphatic carbocycles. The summed E-state index contributed by atoms with van der Waals surface area (Å²) in [5.41, 5.74) is 1.02. The zero-order valence-corrected chi connectivity index (χ0v) is 16.6. The number of halogens is 1. The first-order valence-corrected chi connectivity index (χ1v) is 12.6. The second-order valence-electron chi connectivity index (χ2n) is 4.56. The number of benzene rings is 1. The van der Waals surface area contributed by atoms with Crippen LogP contribution in [0.4, 0.5) is 0 Å². The van der Waals surface area contributed by atoms with Crippen LogP contribution < -0.4 is 0 Å². The van der Waals surface area contributed by atoms with Gasteiger partial charge in [0.15, 0.2) is 0 Å². The zero-order valence-electron chi connectivity index (χ0n) is 13.2. The standard InChI is InChI=1S/C14H23BrO5SSi/c1-4-18-22(19-5-2,20-6-3)12-11-13-7-9-14(10-8-13)21(15,16)17/h7-10H,4-6,11-12H2,1-3H3. The van der Waals surface area contributed by atoms with Gasteiger partial charge in [-0.1, -0.05) is 12.1 Å². The smallest absolute Gasteiger partial charge is 0.374 e. The van der Waals surface area contributed by atoms with E-state index in [1.807, 2.05) is 20.8 Å². The first kappa shape index (κ1) is 19.8. The van der Waals surface area contributed by atoms with Crippen molar-refractivity contribution in [2.24, 2.45) is 0 Å². The Bertz CT molecular complexity index is 530. The monoisotopic (exact) mass is 410 g/mol. The molecule has 0 radical (unpaired) electrons. The van der Waals surface area contributed by atoms with E-state index in [0.717, 1.165) is 12.0 Å². The minimum Gasteiger partial charge on any atom is -0.374 e. The molecule has 126 valence electrons. The van der Waals surface area contributed by atoms with Crippen molar-refractivity contribution in [1.29, 1.82) is 0 Å². The predicted octanol–water partition coefficient (Wildman–Crippen LogP) is 3.36. The number of rotatable bonds is 10. The molecule has 8 heteroatoms. The lowest BCUT2D eigenvalue weighted by atomic mass is 10.2. The molecule has 22 heavy (non-hydrogen) atoms. The lowest BCUT2D eigenvalue weighted by molar-refractivity contribution is 0.0714. The van der Waals surface area contributed by atoms with E-state index in [-0.39, 0.29) is 4.90 Å². The van der Waals surface area contributed by atoms with Gasteiger partial charge in [0.25, 0.3) is 0 Å².